The van der Waals surface area contributed by atoms with Crippen molar-refractivity contribution in [1.82, 2.24) is 10.6 Å². The van der Waals surface area contributed by atoms with E-state index in [4.69, 9.17) is 0 Å². The minimum Gasteiger partial charge on any atom is -0.352 e. The Morgan fingerprint density at radius 2 is 1.76 bits per heavy atom. The molecule has 0 bridgehead atoms. The van der Waals surface area contributed by atoms with E-state index in [0.717, 1.165) is 5.56 Å². The molecule has 1 aromatic heterocycles. The summed E-state index contributed by atoms with van der Waals surface area (Å²) in [5.41, 5.74) is 1.08. The first kappa shape index (κ1) is 17.2. The van der Waals surface area contributed by atoms with Crippen LogP contribution in [0.4, 0.5) is 0 Å². The van der Waals surface area contributed by atoms with Gasteiger partial charge in [0.15, 0.2) is 0 Å². The summed E-state index contributed by atoms with van der Waals surface area (Å²) in [5.74, 6) is -0.0786. The smallest absolute Gasteiger partial charge is 0.261 e. The lowest BCUT2D eigenvalue weighted by molar-refractivity contribution is -0.121. The molecule has 5 heteroatoms. The van der Waals surface area contributed by atoms with Crippen LogP contribution in [0, 0.1) is 0 Å². The van der Waals surface area contributed by atoms with Crippen LogP contribution in [0.5, 0.6) is 0 Å². The Morgan fingerprint density at radius 3 is 2.56 bits per heavy atom. The van der Waals surface area contributed by atoms with Crippen LogP contribution in [-0.4, -0.2) is 18.4 Å². The van der Waals surface area contributed by atoms with E-state index in [1.165, 1.54) is 22.1 Å². The third-order valence-electron chi connectivity index (χ3n) is 3.91. The largest absolute Gasteiger partial charge is 0.352 e. The Bertz CT molecular complexity index is 859. The monoisotopic (exact) mass is 352 g/mol. The first-order chi connectivity index (χ1) is 12.2. The normalized spacial score (nSPS) is 10.6. The van der Waals surface area contributed by atoms with Crippen molar-refractivity contribution in [1.29, 1.82) is 0 Å². The topological polar surface area (TPSA) is 58.2 Å². The van der Waals surface area contributed by atoms with Crippen LogP contribution in [0.1, 0.15) is 28.1 Å². The van der Waals surface area contributed by atoms with E-state index >= 15 is 0 Å². The fourth-order valence-corrected chi connectivity index (χ4v) is 3.22. The van der Waals surface area contributed by atoms with Crippen molar-refractivity contribution in [2.24, 2.45) is 0 Å². The molecular weight excluding hydrogens is 332 g/mol. The highest BCUT2D eigenvalue weighted by atomic mass is 32.1. The SMILES string of the molecule is O=C(CCCNC(=O)c1cccs1)NCc1ccc2ccccc2c1. The zero-order valence-electron chi connectivity index (χ0n) is 13.8. The molecular formula is C20H20N2O2S. The Hall–Kier alpha value is -2.66. The molecule has 0 radical (unpaired) electrons. The highest BCUT2D eigenvalue weighted by Crippen LogP contribution is 2.15. The number of hydrogen-bond donors (Lipinski definition) is 2. The van der Waals surface area contributed by atoms with Gasteiger partial charge in [0.25, 0.3) is 5.91 Å². The second-order valence-corrected chi connectivity index (χ2v) is 6.74. The molecule has 0 aliphatic rings. The van der Waals surface area contributed by atoms with Gasteiger partial charge in [-0.3, -0.25) is 9.59 Å². The van der Waals surface area contributed by atoms with E-state index in [1.54, 1.807) is 6.07 Å². The van der Waals surface area contributed by atoms with Crippen molar-refractivity contribution >= 4 is 33.9 Å². The minimum atomic E-state index is -0.0772. The summed E-state index contributed by atoms with van der Waals surface area (Å²) in [5, 5.41) is 9.99. The van der Waals surface area contributed by atoms with Gasteiger partial charge in [0, 0.05) is 19.5 Å². The third kappa shape index (κ3) is 4.90. The van der Waals surface area contributed by atoms with Crippen molar-refractivity contribution in [2.75, 3.05) is 6.54 Å². The molecule has 3 aromatic rings. The highest BCUT2D eigenvalue weighted by molar-refractivity contribution is 7.12. The number of fused-ring (bicyclic) bond motifs is 1. The zero-order valence-corrected chi connectivity index (χ0v) is 14.6. The van der Waals surface area contributed by atoms with Crippen LogP contribution in [0.3, 0.4) is 0 Å². The number of thiophene rings is 1. The summed E-state index contributed by atoms with van der Waals surface area (Å²) in [6.07, 6.45) is 1.03. The van der Waals surface area contributed by atoms with Gasteiger partial charge in [-0.25, -0.2) is 0 Å². The second kappa shape index (κ2) is 8.44. The van der Waals surface area contributed by atoms with E-state index < -0.39 is 0 Å². The maximum atomic E-state index is 11.9. The number of rotatable bonds is 7. The molecule has 2 N–H and O–H groups in total. The van der Waals surface area contributed by atoms with E-state index in [-0.39, 0.29) is 11.8 Å². The predicted molar refractivity (Wildman–Crippen MR) is 102 cm³/mol. The maximum absolute atomic E-state index is 11.9. The van der Waals surface area contributed by atoms with Crippen LogP contribution in [0.2, 0.25) is 0 Å². The van der Waals surface area contributed by atoms with Gasteiger partial charge in [0.1, 0.15) is 0 Å². The first-order valence-electron chi connectivity index (χ1n) is 8.28. The second-order valence-electron chi connectivity index (χ2n) is 5.79. The Morgan fingerprint density at radius 1 is 0.920 bits per heavy atom. The van der Waals surface area contributed by atoms with Gasteiger partial charge in [0.2, 0.25) is 5.91 Å². The maximum Gasteiger partial charge on any atom is 0.261 e. The summed E-state index contributed by atoms with van der Waals surface area (Å²) in [4.78, 5) is 24.4. The quantitative estimate of drug-likeness (QED) is 0.637. The number of benzene rings is 2. The number of nitrogens with one attached hydrogen (secondary N) is 2. The lowest BCUT2D eigenvalue weighted by atomic mass is 10.1. The molecule has 0 fully saturated rings. The van der Waals surface area contributed by atoms with Crippen LogP contribution in [0.25, 0.3) is 10.8 Å². The molecule has 0 saturated heterocycles. The van der Waals surface area contributed by atoms with E-state index in [1.807, 2.05) is 29.6 Å². The Balaban J connectivity index is 1.38. The Kier molecular flexibility index (Phi) is 5.80. The van der Waals surface area contributed by atoms with Crippen LogP contribution in [0.15, 0.2) is 60.0 Å². The van der Waals surface area contributed by atoms with E-state index in [9.17, 15) is 9.59 Å². The minimum absolute atomic E-state index is 0.00136. The first-order valence-corrected chi connectivity index (χ1v) is 9.16. The average Bonchev–Trinajstić information content (AvgIpc) is 3.18. The fourth-order valence-electron chi connectivity index (χ4n) is 2.58. The molecule has 1 heterocycles. The molecule has 3 rings (SSSR count). The third-order valence-corrected chi connectivity index (χ3v) is 4.78. The van der Waals surface area contributed by atoms with Gasteiger partial charge in [0.05, 0.1) is 4.88 Å². The summed E-state index contributed by atoms with van der Waals surface area (Å²) < 4.78 is 0. The standard InChI is InChI=1S/C20H20N2O2S/c23-19(8-3-11-21-20(24)18-7-4-12-25-18)22-14-15-9-10-16-5-1-2-6-17(16)13-15/h1-2,4-7,9-10,12-13H,3,8,11,14H2,(H,21,24)(H,22,23). The molecule has 4 nitrogen and oxygen atoms in total. The molecule has 0 aliphatic heterocycles. The van der Waals surface area contributed by atoms with Gasteiger partial charge in [-0.1, -0.05) is 42.5 Å². The molecule has 2 amide bonds. The lowest BCUT2D eigenvalue weighted by Gasteiger charge is -2.07. The van der Waals surface area contributed by atoms with Gasteiger partial charge in [-0.05, 0) is 40.3 Å². The van der Waals surface area contributed by atoms with E-state index in [0.29, 0.717) is 30.8 Å². The molecule has 0 spiro atoms. The molecule has 0 atom stereocenters. The van der Waals surface area contributed by atoms with Crippen molar-refractivity contribution in [3.63, 3.8) is 0 Å². The van der Waals surface area contributed by atoms with E-state index in [2.05, 4.69) is 34.9 Å². The lowest BCUT2D eigenvalue weighted by Crippen LogP contribution is -2.26. The van der Waals surface area contributed by atoms with Crippen molar-refractivity contribution < 1.29 is 9.59 Å². The predicted octanol–water partition coefficient (Wildman–Crippen LogP) is 3.73. The van der Waals surface area contributed by atoms with Crippen molar-refractivity contribution in [3.05, 3.63) is 70.4 Å². The van der Waals surface area contributed by atoms with Gasteiger partial charge >= 0.3 is 0 Å². The molecule has 25 heavy (non-hydrogen) atoms. The molecule has 128 valence electrons. The number of amides is 2. The van der Waals surface area contributed by atoms with Crippen LogP contribution < -0.4 is 10.6 Å². The van der Waals surface area contributed by atoms with Crippen molar-refractivity contribution in [3.8, 4) is 0 Å². The summed E-state index contributed by atoms with van der Waals surface area (Å²) in [7, 11) is 0. The number of hydrogen-bond acceptors (Lipinski definition) is 3. The van der Waals surface area contributed by atoms with Crippen molar-refractivity contribution in [2.45, 2.75) is 19.4 Å². The summed E-state index contributed by atoms with van der Waals surface area (Å²) >= 11 is 1.41. The Labute approximate surface area is 150 Å². The number of carbonyl (C=O) groups is 2. The van der Waals surface area contributed by atoms with Gasteiger partial charge < -0.3 is 10.6 Å². The van der Waals surface area contributed by atoms with Gasteiger partial charge in [-0.15, -0.1) is 11.3 Å². The molecule has 0 aliphatic carbocycles. The van der Waals surface area contributed by atoms with Crippen LogP contribution in [-0.2, 0) is 11.3 Å². The summed E-state index contributed by atoms with van der Waals surface area (Å²) in [6.45, 7) is 1.02. The molecule has 0 saturated carbocycles. The molecule has 0 unspecified atom stereocenters. The number of carbonyl (C=O) groups excluding carboxylic acids is 2. The highest BCUT2D eigenvalue weighted by Gasteiger charge is 2.06. The fraction of sp³-hybridized carbons (Fsp3) is 0.200. The average molecular weight is 352 g/mol. The zero-order chi connectivity index (χ0) is 17.5. The van der Waals surface area contributed by atoms with Crippen LogP contribution >= 0.6 is 11.3 Å². The van der Waals surface area contributed by atoms with Gasteiger partial charge in [-0.2, -0.15) is 0 Å². The molecule has 2 aromatic carbocycles. The summed E-state index contributed by atoms with van der Waals surface area (Å²) in [6, 6.07) is 18.0.